The van der Waals surface area contributed by atoms with E-state index in [1.165, 1.54) is 17.4 Å². The van der Waals surface area contributed by atoms with Crippen molar-refractivity contribution >= 4 is 23.2 Å². The summed E-state index contributed by atoms with van der Waals surface area (Å²) in [6, 6.07) is 7.55. The number of rotatable bonds is 6. The molecular weight excluding hydrogens is 501 g/mol. The minimum absolute atomic E-state index is 0.00132. The van der Waals surface area contributed by atoms with Crippen molar-refractivity contribution in [2.75, 3.05) is 32.7 Å². The molecule has 1 aromatic heterocycles. The molecule has 2 amide bonds. The molecule has 3 saturated carbocycles. The second-order valence-electron chi connectivity index (χ2n) is 11.6. The lowest BCUT2D eigenvalue weighted by Gasteiger charge is -2.72. The van der Waals surface area contributed by atoms with E-state index in [0.717, 1.165) is 55.2 Å². The molecular formula is C28H30FN7OS. The quantitative estimate of drug-likeness (QED) is 0.612. The van der Waals surface area contributed by atoms with E-state index in [9.17, 15) is 9.18 Å². The lowest BCUT2D eigenvalue weighted by atomic mass is 9.38. The Balaban J connectivity index is 1.07. The molecule has 0 spiro atoms. The Hall–Kier alpha value is -3.29. The zero-order valence-electron chi connectivity index (χ0n) is 21.4. The topological polar surface area (TPSA) is 87.9 Å². The largest absolute Gasteiger partial charge is 0.341 e. The lowest BCUT2D eigenvalue weighted by Crippen LogP contribution is -2.74. The summed E-state index contributed by atoms with van der Waals surface area (Å²) in [5, 5.41) is 15.3. The van der Waals surface area contributed by atoms with Gasteiger partial charge in [-0.2, -0.15) is 5.26 Å². The molecule has 5 fully saturated rings. The van der Waals surface area contributed by atoms with Gasteiger partial charge in [0.1, 0.15) is 5.82 Å². The van der Waals surface area contributed by atoms with Crippen LogP contribution in [0.4, 0.5) is 9.18 Å². The smallest absolute Gasteiger partial charge is 0.320 e. The highest BCUT2D eigenvalue weighted by atomic mass is 32.1. The first-order valence-electron chi connectivity index (χ1n) is 13.3. The minimum Gasteiger partial charge on any atom is -0.341 e. The fourth-order valence-electron chi connectivity index (χ4n) is 7.37. The SMILES string of the molecule is Cc1c(F)cccc1[C@@H]1C=C(CN2CCN3C(=O)N(C45CC(CC#N)(C4)C5)C[C@@H]3C2)NC(c2nccs2)=N1. The number of amides is 2. The fourth-order valence-corrected chi connectivity index (χ4v) is 7.96. The highest BCUT2D eigenvalue weighted by Crippen LogP contribution is 2.71. The van der Waals surface area contributed by atoms with Gasteiger partial charge < -0.3 is 15.1 Å². The first-order valence-corrected chi connectivity index (χ1v) is 14.1. The van der Waals surface area contributed by atoms with Crippen LogP contribution in [-0.2, 0) is 0 Å². The molecule has 6 aliphatic rings. The molecule has 1 N–H and O–H groups in total. The highest BCUT2D eigenvalue weighted by molar-refractivity contribution is 7.11. The predicted molar refractivity (Wildman–Crippen MR) is 142 cm³/mol. The van der Waals surface area contributed by atoms with Gasteiger partial charge >= 0.3 is 6.03 Å². The number of nitriles is 1. The Labute approximate surface area is 225 Å². The number of urea groups is 1. The Morgan fingerprint density at radius 1 is 1.26 bits per heavy atom. The maximum absolute atomic E-state index is 14.4. The number of carbonyl (C=O) groups is 1. The standard InChI is InChI=1S/C28H30FN7OS/c1-18-21(3-2-4-22(18)29)23-11-19(32-24(33-23)25-31-7-10-38-25)12-34-8-9-35-20(13-34)14-36(26(35)37)28-15-27(16-28,17-28)5-6-30/h2-4,7,10-11,20,23H,5,8-9,12-17H2,1H3,(H,32,33)/t20-,23-,27?,28?/m0/s1. The van der Waals surface area contributed by atoms with Crippen LogP contribution in [0.15, 0.2) is 46.5 Å². The highest BCUT2D eigenvalue weighted by Gasteiger charge is 2.72. The Kier molecular flexibility index (Phi) is 5.39. The van der Waals surface area contributed by atoms with E-state index in [0.29, 0.717) is 30.9 Å². The summed E-state index contributed by atoms with van der Waals surface area (Å²) in [4.78, 5) is 29.2. The summed E-state index contributed by atoms with van der Waals surface area (Å²) in [7, 11) is 0. The fraction of sp³-hybridized carbons (Fsp3) is 0.500. The molecule has 8 rings (SSSR count). The molecule has 0 radical (unpaired) electrons. The Bertz CT molecular complexity index is 1380. The van der Waals surface area contributed by atoms with Crippen LogP contribution in [0.25, 0.3) is 0 Å². The first-order chi connectivity index (χ1) is 18.4. The van der Waals surface area contributed by atoms with Crippen LogP contribution in [0.3, 0.4) is 0 Å². The van der Waals surface area contributed by atoms with Crippen molar-refractivity contribution in [3.05, 3.63) is 63.5 Å². The van der Waals surface area contributed by atoms with E-state index in [-0.39, 0.29) is 34.9 Å². The third kappa shape index (κ3) is 3.67. The molecule has 10 heteroatoms. The molecule has 2 bridgehead atoms. The average Bonchev–Trinajstić information content (AvgIpc) is 3.51. The van der Waals surface area contributed by atoms with Crippen LogP contribution in [0.1, 0.15) is 47.9 Å². The number of benzene rings is 1. The number of amidine groups is 1. The van der Waals surface area contributed by atoms with Gasteiger partial charge in [-0.05, 0) is 54.9 Å². The van der Waals surface area contributed by atoms with Gasteiger partial charge in [0.25, 0.3) is 0 Å². The molecule has 2 aromatic rings. The van der Waals surface area contributed by atoms with Gasteiger partial charge in [0.2, 0.25) is 0 Å². The molecule has 4 heterocycles. The number of hydrogen-bond donors (Lipinski definition) is 1. The predicted octanol–water partition coefficient (Wildman–Crippen LogP) is 3.82. The van der Waals surface area contributed by atoms with Crippen molar-refractivity contribution < 1.29 is 9.18 Å². The number of aromatic nitrogens is 1. The van der Waals surface area contributed by atoms with E-state index < -0.39 is 0 Å². The van der Waals surface area contributed by atoms with Crippen LogP contribution >= 0.6 is 11.3 Å². The second-order valence-corrected chi connectivity index (χ2v) is 12.5. The lowest BCUT2D eigenvalue weighted by molar-refractivity contribution is -0.196. The third-order valence-corrected chi connectivity index (χ3v) is 9.92. The van der Waals surface area contributed by atoms with Crippen molar-refractivity contribution in [2.45, 2.75) is 50.2 Å². The number of carbonyl (C=O) groups excluding carboxylic acids is 1. The molecule has 3 aliphatic heterocycles. The molecule has 196 valence electrons. The summed E-state index contributed by atoms with van der Waals surface area (Å²) in [6.07, 6.45) is 7.43. The maximum atomic E-state index is 14.4. The third-order valence-electron chi connectivity index (χ3n) is 9.14. The Morgan fingerprint density at radius 2 is 2.11 bits per heavy atom. The normalized spacial score (nSPS) is 32.0. The van der Waals surface area contributed by atoms with Crippen molar-refractivity contribution in [3.63, 3.8) is 0 Å². The number of nitrogens with one attached hydrogen (secondary N) is 1. The summed E-state index contributed by atoms with van der Waals surface area (Å²) in [6.45, 7) is 5.59. The van der Waals surface area contributed by atoms with Crippen molar-refractivity contribution in [1.82, 2.24) is 25.0 Å². The maximum Gasteiger partial charge on any atom is 0.320 e. The molecule has 2 saturated heterocycles. The van der Waals surface area contributed by atoms with E-state index in [1.54, 1.807) is 19.2 Å². The molecule has 38 heavy (non-hydrogen) atoms. The van der Waals surface area contributed by atoms with E-state index in [4.69, 9.17) is 10.3 Å². The van der Waals surface area contributed by atoms with Crippen molar-refractivity contribution in [3.8, 4) is 6.07 Å². The van der Waals surface area contributed by atoms with Crippen LogP contribution in [0, 0.1) is 29.5 Å². The van der Waals surface area contributed by atoms with Crippen LogP contribution in [0.2, 0.25) is 0 Å². The van der Waals surface area contributed by atoms with Gasteiger partial charge in [0.15, 0.2) is 10.8 Å². The van der Waals surface area contributed by atoms with Crippen LogP contribution in [0.5, 0.6) is 0 Å². The average molecular weight is 532 g/mol. The number of halogens is 1. The number of fused-ring (bicyclic) bond motifs is 1. The molecule has 3 aliphatic carbocycles. The zero-order valence-corrected chi connectivity index (χ0v) is 22.2. The molecule has 8 nitrogen and oxygen atoms in total. The van der Waals surface area contributed by atoms with Gasteiger partial charge in [-0.3, -0.25) is 9.89 Å². The van der Waals surface area contributed by atoms with E-state index in [1.807, 2.05) is 11.4 Å². The van der Waals surface area contributed by atoms with Gasteiger partial charge in [-0.1, -0.05) is 12.1 Å². The van der Waals surface area contributed by atoms with Crippen LogP contribution in [-0.4, -0.2) is 75.9 Å². The second kappa shape index (κ2) is 8.61. The number of aliphatic imine (C=N–C) groups is 1. The zero-order chi connectivity index (χ0) is 26.1. The van der Waals surface area contributed by atoms with Crippen LogP contribution < -0.4 is 5.32 Å². The molecule has 2 atom stereocenters. The number of hydrogen-bond acceptors (Lipinski definition) is 7. The van der Waals surface area contributed by atoms with Gasteiger partial charge in [-0.15, -0.1) is 11.3 Å². The van der Waals surface area contributed by atoms with E-state index >= 15 is 0 Å². The molecule has 0 unspecified atom stereocenters. The number of nitrogens with zero attached hydrogens (tertiary/aromatic N) is 6. The molecule has 1 aromatic carbocycles. The van der Waals surface area contributed by atoms with Crippen molar-refractivity contribution in [2.24, 2.45) is 10.4 Å². The van der Waals surface area contributed by atoms with Gasteiger partial charge in [-0.25, -0.2) is 14.2 Å². The summed E-state index contributed by atoms with van der Waals surface area (Å²) in [5.74, 6) is 0.484. The monoisotopic (exact) mass is 531 g/mol. The van der Waals surface area contributed by atoms with Gasteiger partial charge in [0, 0.05) is 62.0 Å². The summed E-state index contributed by atoms with van der Waals surface area (Å²) in [5.41, 5.74) is 2.66. The van der Waals surface area contributed by atoms with E-state index in [2.05, 4.69) is 37.1 Å². The Morgan fingerprint density at radius 3 is 2.87 bits per heavy atom. The summed E-state index contributed by atoms with van der Waals surface area (Å²) >= 11 is 1.52. The van der Waals surface area contributed by atoms with Crippen molar-refractivity contribution in [1.29, 1.82) is 5.26 Å². The minimum atomic E-state index is -0.296. The van der Waals surface area contributed by atoms with Gasteiger partial charge in [0.05, 0.1) is 18.2 Å². The number of piperazine rings is 1. The summed E-state index contributed by atoms with van der Waals surface area (Å²) < 4.78 is 14.4. The first kappa shape index (κ1) is 23.8. The number of thiazole rings is 1.